The highest BCUT2D eigenvalue weighted by Crippen LogP contribution is 2.20. The quantitative estimate of drug-likeness (QED) is 0.525. The van der Waals surface area contributed by atoms with Crippen LogP contribution < -0.4 is 20.7 Å². The van der Waals surface area contributed by atoms with Crippen molar-refractivity contribution in [3.05, 3.63) is 24.0 Å². The van der Waals surface area contributed by atoms with Crippen LogP contribution in [0.2, 0.25) is 0 Å². The normalized spacial score (nSPS) is 10.9. The molecule has 1 aromatic carbocycles. The summed E-state index contributed by atoms with van der Waals surface area (Å²) in [6, 6.07) is 3.21. The molecular weight excluding hydrogens is 269 g/mol. The molecule has 0 aliphatic carbocycles. The van der Waals surface area contributed by atoms with Crippen molar-refractivity contribution in [1.82, 2.24) is 10.3 Å². The molecule has 17 heavy (non-hydrogen) atoms. The third-order valence-corrected chi connectivity index (χ3v) is 3.09. The minimum absolute atomic E-state index is 0.0498. The maximum atomic E-state index is 13.3. The van der Waals surface area contributed by atoms with Crippen LogP contribution in [-0.2, 0) is 10.0 Å². The number of nitrogens with two attached hydrogens (primary N) is 1. The summed E-state index contributed by atoms with van der Waals surface area (Å²) in [5.74, 6) is -0.836. The molecule has 0 amide bonds. The molecule has 9 heteroatoms. The Balaban J connectivity index is 2.99. The van der Waals surface area contributed by atoms with E-state index in [4.69, 9.17) is 5.73 Å². The second-order valence-corrected chi connectivity index (χ2v) is 5.01. The van der Waals surface area contributed by atoms with Gasteiger partial charge < -0.3 is 10.5 Å². The van der Waals surface area contributed by atoms with Gasteiger partial charge in [0, 0.05) is 0 Å². The number of hydrogen-bond acceptors (Lipinski definition) is 4. The molecule has 0 bridgehead atoms. The topological polar surface area (TPSA) is 93.5 Å². The summed E-state index contributed by atoms with van der Waals surface area (Å²) in [7, 11) is -2.65. The van der Waals surface area contributed by atoms with Gasteiger partial charge in [-0.15, -0.1) is 4.83 Å². The molecule has 0 saturated heterocycles. The third kappa shape index (κ3) is 3.51. The van der Waals surface area contributed by atoms with Gasteiger partial charge in [-0.05, 0) is 30.4 Å². The fourth-order valence-corrected chi connectivity index (χ4v) is 1.97. The van der Waals surface area contributed by atoms with Crippen molar-refractivity contribution in [2.75, 3.05) is 7.11 Å². The number of sulfonamides is 1. The largest absolute Gasteiger partial charge is 0.494 e. The number of rotatable bonds is 4. The minimum atomic E-state index is -3.93. The highest BCUT2D eigenvalue weighted by molar-refractivity contribution is 7.89. The number of methoxy groups -OCH3 is 1. The number of hydrazine groups is 1. The molecule has 6 nitrogen and oxygen atoms in total. The number of nitrogens with one attached hydrogen (secondary N) is 2. The first-order valence-electron chi connectivity index (χ1n) is 4.27. The highest BCUT2D eigenvalue weighted by atomic mass is 32.2. The Kier molecular flexibility index (Phi) is 4.21. The van der Waals surface area contributed by atoms with Crippen molar-refractivity contribution >= 4 is 27.4 Å². The van der Waals surface area contributed by atoms with E-state index < -0.39 is 15.8 Å². The zero-order valence-corrected chi connectivity index (χ0v) is 10.4. The SMILES string of the molecule is COc1ccc(S(=O)(=O)NNC(N)=S)cc1F. The predicted molar refractivity (Wildman–Crippen MR) is 63.2 cm³/mol. The molecule has 0 saturated carbocycles. The highest BCUT2D eigenvalue weighted by Gasteiger charge is 2.16. The second kappa shape index (κ2) is 5.25. The molecule has 0 spiro atoms. The van der Waals surface area contributed by atoms with Gasteiger partial charge in [-0.25, -0.2) is 12.8 Å². The van der Waals surface area contributed by atoms with Crippen LogP contribution in [0, 0.1) is 5.82 Å². The Morgan fingerprint density at radius 1 is 1.53 bits per heavy atom. The molecule has 0 unspecified atom stereocenters. The van der Waals surface area contributed by atoms with E-state index in [0.717, 1.165) is 6.07 Å². The lowest BCUT2D eigenvalue weighted by atomic mass is 10.3. The van der Waals surface area contributed by atoms with Gasteiger partial charge >= 0.3 is 0 Å². The van der Waals surface area contributed by atoms with E-state index in [0.29, 0.717) is 0 Å². The van der Waals surface area contributed by atoms with Crippen LogP contribution in [0.15, 0.2) is 23.1 Å². The summed E-state index contributed by atoms with van der Waals surface area (Å²) < 4.78 is 41.1. The molecule has 0 atom stereocenters. The predicted octanol–water partition coefficient (Wildman–Crippen LogP) is -0.139. The number of halogens is 1. The molecular formula is C8H10FN3O3S2. The van der Waals surface area contributed by atoms with Gasteiger partial charge in [0.1, 0.15) is 0 Å². The van der Waals surface area contributed by atoms with Crippen molar-refractivity contribution in [2.24, 2.45) is 5.73 Å². The summed E-state index contributed by atoms with van der Waals surface area (Å²) in [5, 5.41) is -0.248. The van der Waals surface area contributed by atoms with Crippen LogP contribution in [0.25, 0.3) is 0 Å². The molecule has 1 aromatic rings. The summed E-state index contributed by atoms with van der Waals surface area (Å²) in [5.41, 5.74) is 7.10. The molecule has 0 heterocycles. The lowest BCUT2D eigenvalue weighted by molar-refractivity contribution is 0.385. The van der Waals surface area contributed by atoms with Gasteiger partial charge in [0.05, 0.1) is 12.0 Å². The Hall–Kier alpha value is -1.45. The summed E-state index contributed by atoms with van der Waals surface area (Å²) in [6.45, 7) is 0. The zero-order valence-electron chi connectivity index (χ0n) is 8.73. The van der Waals surface area contributed by atoms with E-state index >= 15 is 0 Å². The van der Waals surface area contributed by atoms with E-state index in [1.807, 2.05) is 10.3 Å². The lowest BCUT2D eigenvalue weighted by Crippen LogP contribution is -2.44. The molecule has 0 aliphatic rings. The minimum Gasteiger partial charge on any atom is -0.494 e. The Labute approximate surface area is 103 Å². The number of thiocarbonyl (C=S) groups is 1. The van der Waals surface area contributed by atoms with Crippen LogP contribution in [0.3, 0.4) is 0 Å². The van der Waals surface area contributed by atoms with Crippen molar-refractivity contribution in [3.63, 3.8) is 0 Å². The first kappa shape index (κ1) is 13.6. The van der Waals surface area contributed by atoms with Crippen molar-refractivity contribution in [2.45, 2.75) is 4.90 Å². The first-order chi connectivity index (χ1) is 7.86. The molecule has 1 rings (SSSR count). The van der Waals surface area contributed by atoms with Crippen LogP contribution in [-0.4, -0.2) is 20.6 Å². The summed E-state index contributed by atoms with van der Waals surface area (Å²) >= 11 is 4.42. The number of benzene rings is 1. The number of ether oxygens (including phenoxy) is 1. The Morgan fingerprint density at radius 3 is 2.65 bits per heavy atom. The maximum absolute atomic E-state index is 13.3. The second-order valence-electron chi connectivity index (χ2n) is 2.89. The molecule has 0 aromatic heterocycles. The molecule has 0 fully saturated rings. The Morgan fingerprint density at radius 2 is 2.18 bits per heavy atom. The van der Waals surface area contributed by atoms with Crippen LogP contribution >= 0.6 is 12.2 Å². The zero-order chi connectivity index (χ0) is 13.1. The molecule has 0 aliphatic heterocycles. The summed E-state index contributed by atoms with van der Waals surface area (Å²) in [6.07, 6.45) is 0. The van der Waals surface area contributed by atoms with E-state index in [1.54, 1.807) is 0 Å². The van der Waals surface area contributed by atoms with Crippen LogP contribution in [0.4, 0.5) is 4.39 Å². The van der Waals surface area contributed by atoms with E-state index in [1.165, 1.54) is 19.2 Å². The van der Waals surface area contributed by atoms with Gasteiger partial charge in [-0.3, -0.25) is 5.43 Å². The maximum Gasteiger partial charge on any atom is 0.257 e. The summed E-state index contributed by atoms with van der Waals surface area (Å²) in [4.78, 5) is 1.61. The van der Waals surface area contributed by atoms with Gasteiger partial charge in [0.15, 0.2) is 16.7 Å². The van der Waals surface area contributed by atoms with Gasteiger partial charge in [0.25, 0.3) is 10.0 Å². The molecule has 94 valence electrons. The van der Waals surface area contributed by atoms with Gasteiger partial charge in [0.2, 0.25) is 0 Å². The van der Waals surface area contributed by atoms with E-state index in [9.17, 15) is 12.8 Å². The Bertz CT molecular complexity index is 533. The van der Waals surface area contributed by atoms with Crippen LogP contribution in [0.5, 0.6) is 5.75 Å². The average molecular weight is 279 g/mol. The van der Waals surface area contributed by atoms with Crippen molar-refractivity contribution in [1.29, 1.82) is 0 Å². The van der Waals surface area contributed by atoms with Crippen molar-refractivity contribution < 1.29 is 17.5 Å². The molecule has 0 radical (unpaired) electrons. The van der Waals surface area contributed by atoms with E-state index in [-0.39, 0.29) is 15.8 Å². The monoisotopic (exact) mass is 279 g/mol. The third-order valence-electron chi connectivity index (χ3n) is 1.74. The smallest absolute Gasteiger partial charge is 0.257 e. The van der Waals surface area contributed by atoms with Gasteiger partial charge in [-0.2, -0.15) is 0 Å². The van der Waals surface area contributed by atoms with E-state index in [2.05, 4.69) is 17.0 Å². The first-order valence-corrected chi connectivity index (χ1v) is 6.17. The number of hydrogen-bond donors (Lipinski definition) is 3. The average Bonchev–Trinajstić information content (AvgIpc) is 2.26. The lowest BCUT2D eigenvalue weighted by Gasteiger charge is -2.08. The van der Waals surface area contributed by atoms with Crippen molar-refractivity contribution in [3.8, 4) is 5.75 Å². The van der Waals surface area contributed by atoms with Gasteiger partial charge in [-0.1, -0.05) is 0 Å². The van der Waals surface area contributed by atoms with Crippen LogP contribution in [0.1, 0.15) is 0 Å². The fraction of sp³-hybridized carbons (Fsp3) is 0.125. The molecule has 4 N–H and O–H groups in total. The fourth-order valence-electron chi connectivity index (χ4n) is 0.991. The standard InChI is InChI=1S/C8H10FN3O3S2/c1-15-7-3-2-5(4-6(7)9)17(13,14)12-11-8(10)16/h2-4,12H,1H3,(H3,10,11,16).